The molecule has 0 radical (unpaired) electrons. The number of carboxylic acids is 1. The molecule has 5 heteroatoms. The van der Waals surface area contributed by atoms with Gasteiger partial charge in [0.1, 0.15) is 5.69 Å². The number of aromatic nitrogens is 3. The van der Waals surface area contributed by atoms with Crippen LogP contribution in [0.3, 0.4) is 0 Å². The maximum absolute atomic E-state index is 10.8. The van der Waals surface area contributed by atoms with Gasteiger partial charge in [0.05, 0.1) is 5.69 Å². The van der Waals surface area contributed by atoms with Crippen LogP contribution in [-0.2, 0) is 13.5 Å². The summed E-state index contributed by atoms with van der Waals surface area (Å²) in [5, 5.41) is 8.90. The van der Waals surface area contributed by atoms with Gasteiger partial charge in [0.15, 0.2) is 0 Å². The minimum Gasteiger partial charge on any atom is -0.477 e. The predicted octanol–water partition coefficient (Wildman–Crippen LogP) is 1.32. The van der Waals surface area contributed by atoms with Crippen molar-refractivity contribution in [3.63, 3.8) is 0 Å². The molecule has 1 N–H and O–H groups in total. The van der Waals surface area contributed by atoms with Crippen molar-refractivity contribution in [1.82, 2.24) is 14.0 Å². The normalized spacial score (nSPS) is 11.1. The first-order valence-corrected chi connectivity index (χ1v) is 4.90. The smallest absolute Gasteiger partial charge is 0.354 e. The number of carboxylic acid groups (broad SMARTS) is 1. The molecule has 2 aromatic heterocycles. The van der Waals surface area contributed by atoms with Crippen molar-refractivity contribution in [1.29, 1.82) is 0 Å². The van der Waals surface area contributed by atoms with E-state index in [9.17, 15) is 4.79 Å². The molecule has 0 fully saturated rings. The van der Waals surface area contributed by atoms with Crippen molar-refractivity contribution in [2.24, 2.45) is 7.05 Å². The van der Waals surface area contributed by atoms with Crippen molar-refractivity contribution in [2.45, 2.75) is 19.8 Å². The van der Waals surface area contributed by atoms with Gasteiger partial charge in [0.2, 0.25) is 5.78 Å². The predicted molar refractivity (Wildman–Crippen MR) is 55.1 cm³/mol. The molecule has 0 aliphatic carbocycles. The highest BCUT2D eigenvalue weighted by molar-refractivity contribution is 5.86. The van der Waals surface area contributed by atoms with Gasteiger partial charge in [-0.15, -0.1) is 0 Å². The summed E-state index contributed by atoms with van der Waals surface area (Å²) >= 11 is 0. The molecule has 2 heterocycles. The minimum atomic E-state index is -0.931. The van der Waals surface area contributed by atoms with Crippen LogP contribution in [0, 0.1) is 0 Å². The van der Waals surface area contributed by atoms with Crippen LogP contribution in [0.1, 0.15) is 29.5 Å². The number of aromatic carboxylic acids is 1. The number of fused-ring (bicyclic) bond motifs is 1. The molecule has 0 bridgehead atoms. The molecular formula is C10H13N3O2. The summed E-state index contributed by atoms with van der Waals surface area (Å²) in [6.45, 7) is 2.09. The molecule has 2 aromatic rings. The van der Waals surface area contributed by atoms with E-state index in [2.05, 4.69) is 11.9 Å². The number of hydrogen-bond donors (Lipinski definition) is 1. The molecule has 0 saturated heterocycles. The van der Waals surface area contributed by atoms with Crippen LogP contribution in [0.2, 0.25) is 0 Å². The maximum atomic E-state index is 10.8. The number of imidazole rings is 2. The lowest BCUT2D eigenvalue weighted by atomic mass is 10.3. The Morgan fingerprint density at radius 2 is 2.27 bits per heavy atom. The minimum absolute atomic E-state index is 0.251. The zero-order valence-electron chi connectivity index (χ0n) is 8.77. The van der Waals surface area contributed by atoms with E-state index in [4.69, 9.17) is 5.11 Å². The van der Waals surface area contributed by atoms with Crippen LogP contribution in [0.25, 0.3) is 5.78 Å². The van der Waals surface area contributed by atoms with E-state index >= 15 is 0 Å². The Kier molecular flexibility index (Phi) is 2.22. The summed E-state index contributed by atoms with van der Waals surface area (Å²) in [7, 11) is 1.71. The second kappa shape index (κ2) is 3.42. The van der Waals surface area contributed by atoms with Crippen LogP contribution < -0.4 is 0 Å². The third kappa shape index (κ3) is 1.49. The van der Waals surface area contributed by atoms with Gasteiger partial charge < -0.3 is 9.67 Å². The SMILES string of the molecule is CCCc1cn2cc(C(=O)O)n(C)c2n1. The molecular weight excluding hydrogens is 194 g/mol. The van der Waals surface area contributed by atoms with Crippen LogP contribution in [-0.4, -0.2) is 25.0 Å². The second-order valence-corrected chi connectivity index (χ2v) is 3.57. The first kappa shape index (κ1) is 9.76. The molecule has 0 aliphatic rings. The molecule has 0 aliphatic heterocycles. The summed E-state index contributed by atoms with van der Waals surface area (Å²) in [5.41, 5.74) is 1.25. The fourth-order valence-electron chi connectivity index (χ4n) is 1.68. The fraction of sp³-hybridized carbons (Fsp3) is 0.400. The third-order valence-electron chi connectivity index (χ3n) is 2.41. The Hall–Kier alpha value is -1.78. The van der Waals surface area contributed by atoms with E-state index in [1.54, 1.807) is 22.2 Å². The van der Waals surface area contributed by atoms with Crippen molar-refractivity contribution in [3.05, 3.63) is 23.8 Å². The van der Waals surface area contributed by atoms with E-state index in [1.807, 2.05) is 6.20 Å². The monoisotopic (exact) mass is 207 g/mol. The van der Waals surface area contributed by atoms with Gasteiger partial charge in [-0.25, -0.2) is 9.78 Å². The second-order valence-electron chi connectivity index (χ2n) is 3.57. The molecule has 5 nitrogen and oxygen atoms in total. The molecule has 15 heavy (non-hydrogen) atoms. The zero-order valence-corrected chi connectivity index (χ0v) is 8.77. The topological polar surface area (TPSA) is 59.5 Å². The Morgan fingerprint density at radius 1 is 1.53 bits per heavy atom. The first-order valence-electron chi connectivity index (χ1n) is 4.90. The van der Waals surface area contributed by atoms with Crippen LogP contribution in [0.4, 0.5) is 0 Å². The van der Waals surface area contributed by atoms with Gasteiger partial charge in [-0.05, 0) is 6.42 Å². The molecule has 0 amide bonds. The van der Waals surface area contributed by atoms with E-state index in [1.165, 1.54) is 0 Å². The molecule has 0 saturated carbocycles. The number of carbonyl (C=O) groups is 1. The van der Waals surface area contributed by atoms with Crippen LogP contribution >= 0.6 is 0 Å². The largest absolute Gasteiger partial charge is 0.477 e. The van der Waals surface area contributed by atoms with Gasteiger partial charge in [0, 0.05) is 19.4 Å². The summed E-state index contributed by atoms with van der Waals surface area (Å²) in [6, 6.07) is 0. The Balaban J connectivity index is 2.52. The lowest BCUT2D eigenvalue weighted by molar-refractivity contribution is 0.0686. The molecule has 80 valence electrons. The van der Waals surface area contributed by atoms with Gasteiger partial charge in [-0.3, -0.25) is 4.40 Å². The number of rotatable bonds is 3. The van der Waals surface area contributed by atoms with E-state index in [-0.39, 0.29) is 5.69 Å². The van der Waals surface area contributed by atoms with Crippen LogP contribution in [0.5, 0.6) is 0 Å². The average Bonchev–Trinajstić information content (AvgIpc) is 2.67. The van der Waals surface area contributed by atoms with Gasteiger partial charge in [-0.2, -0.15) is 0 Å². The van der Waals surface area contributed by atoms with Crippen molar-refractivity contribution < 1.29 is 9.90 Å². The number of nitrogens with zero attached hydrogens (tertiary/aromatic N) is 3. The molecule has 0 unspecified atom stereocenters. The van der Waals surface area contributed by atoms with E-state index in [0.29, 0.717) is 5.78 Å². The maximum Gasteiger partial charge on any atom is 0.354 e. The molecule has 2 rings (SSSR count). The highest BCUT2D eigenvalue weighted by Crippen LogP contribution is 2.11. The molecule has 0 atom stereocenters. The highest BCUT2D eigenvalue weighted by atomic mass is 16.4. The average molecular weight is 207 g/mol. The fourth-order valence-corrected chi connectivity index (χ4v) is 1.68. The highest BCUT2D eigenvalue weighted by Gasteiger charge is 2.13. The zero-order chi connectivity index (χ0) is 11.0. The van der Waals surface area contributed by atoms with Gasteiger partial charge in [-0.1, -0.05) is 13.3 Å². The standard InChI is InChI=1S/C10H13N3O2/c1-3-4-7-5-13-6-8(9(14)15)12(2)10(13)11-7/h5-6H,3-4H2,1-2H3,(H,14,15). The summed E-state index contributed by atoms with van der Waals surface area (Å²) in [4.78, 5) is 15.2. The van der Waals surface area contributed by atoms with E-state index < -0.39 is 5.97 Å². The Bertz CT molecular complexity index is 510. The van der Waals surface area contributed by atoms with Crippen LogP contribution in [0.15, 0.2) is 12.4 Å². The summed E-state index contributed by atoms with van der Waals surface area (Å²) in [6.07, 6.45) is 5.43. The van der Waals surface area contributed by atoms with Gasteiger partial charge >= 0.3 is 5.97 Å². The first-order chi connectivity index (χ1) is 7.13. The summed E-state index contributed by atoms with van der Waals surface area (Å²) < 4.78 is 3.34. The summed E-state index contributed by atoms with van der Waals surface area (Å²) in [5.74, 6) is -0.254. The molecule has 0 spiro atoms. The Morgan fingerprint density at radius 3 is 2.80 bits per heavy atom. The third-order valence-corrected chi connectivity index (χ3v) is 2.41. The van der Waals surface area contributed by atoms with Gasteiger partial charge in [0.25, 0.3) is 0 Å². The molecule has 0 aromatic carbocycles. The number of aryl methyl sites for hydroxylation is 2. The Labute approximate surface area is 87.0 Å². The lowest BCUT2D eigenvalue weighted by Gasteiger charge is -1.94. The number of hydrogen-bond acceptors (Lipinski definition) is 2. The van der Waals surface area contributed by atoms with Crippen molar-refractivity contribution >= 4 is 11.7 Å². The lowest BCUT2D eigenvalue weighted by Crippen LogP contribution is -2.04. The van der Waals surface area contributed by atoms with Crippen molar-refractivity contribution in [3.8, 4) is 0 Å². The van der Waals surface area contributed by atoms with Crippen molar-refractivity contribution in [2.75, 3.05) is 0 Å². The van der Waals surface area contributed by atoms with E-state index in [0.717, 1.165) is 18.5 Å². The quantitative estimate of drug-likeness (QED) is 0.825.